The minimum atomic E-state index is -1.10. The van der Waals surface area contributed by atoms with Crippen LogP contribution in [-0.2, 0) is 16.0 Å². The number of phenolic OH excluding ortho intramolecular Hbond substituents is 2. The number of carboxylic acids is 2. The van der Waals surface area contributed by atoms with Crippen molar-refractivity contribution >= 4 is 11.9 Å². The molecule has 0 unspecified atom stereocenters. The maximum absolute atomic E-state index is 10.4. The summed E-state index contributed by atoms with van der Waals surface area (Å²) in [5.41, 5.74) is 5.86. The molecule has 0 bridgehead atoms. The van der Waals surface area contributed by atoms with Gasteiger partial charge in [-0.15, -0.1) is 0 Å². The van der Waals surface area contributed by atoms with Crippen molar-refractivity contribution in [2.24, 2.45) is 5.73 Å². The average Bonchev–Trinajstić information content (AvgIpc) is 2.34. The highest BCUT2D eigenvalue weighted by Crippen LogP contribution is 2.25. The molecule has 19 heavy (non-hydrogen) atoms. The maximum Gasteiger partial charge on any atom is 0.327 e. The van der Waals surface area contributed by atoms with Crippen LogP contribution in [0.4, 0.5) is 0 Å². The molecule has 0 fully saturated rings. The number of hydrogen-bond acceptors (Lipinski definition) is 5. The van der Waals surface area contributed by atoms with Crippen LogP contribution in [0.3, 0.4) is 0 Å². The molecule has 0 amide bonds. The van der Waals surface area contributed by atoms with E-state index in [1.165, 1.54) is 18.2 Å². The number of benzene rings is 1. The van der Waals surface area contributed by atoms with Gasteiger partial charge in [-0.25, -0.2) is 4.79 Å². The molecule has 1 rings (SSSR count). The van der Waals surface area contributed by atoms with Gasteiger partial charge in [0.05, 0.1) is 0 Å². The van der Waals surface area contributed by atoms with Crippen LogP contribution < -0.4 is 5.73 Å². The first kappa shape index (κ1) is 16.5. The molecule has 1 aromatic carbocycles. The Labute approximate surface area is 109 Å². The molecule has 0 aliphatic rings. The molecule has 0 spiro atoms. The summed E-state index contributed by atoms with van der Waals surface area (Å²) in [4.78, 5) is 19.7. The van der Waals surface area contributed by atoms with Crippen molar-refractivity contribution in [3.8, 4) is 11.5 Å². The van der Waals surface area contributed by atoms with Gasteiger partial charge in [0.25, 0.3) is 0 Å². The highest BCUT2D eigenvalue weighted by atomic mass is 16.4. The first-order valence-corrected chi connectivity index (χ1v) is 5.12. The van der Waals surface area contributed by atoms with E-state index in [-0.39, 0.29) is 17.9 Å². The second-order valence-electron chi connectivity index (χ2n) is 3.51. The van der Waals surface area contributed by atoms with Crippen LogP contribution in [0.15, 0.2) is 30.9 Å². The van der Waals surface area contributed by atoms with E-state index in [4.69, 9.17) is 26.2 Å². The SMILES string of the molecule is C=CC(=O)O.N[C@@H](Cc1ccc(O)c(O)c1)C(=O)O. The fraction of sp³-hybridized carbons (Fsp3) is 0.167. The standard InChI is InChI=1S/C9H11NO4.C3H4O2/c10-6(9(13)14)3-5-1-2-7(11)8(12)4-5;1-2-3(4)5/h1-2,4,6,11-12H,3,10H2,(H,13,14);2H,1H2,(H,4,5)/t6-;/m0./s1. The highest BCUT2D eigenvalue weighted by molar-refractivity contribution is 5.78. The minimum absolute atomic E-state index is 0.114. The molecule has 1 aromatic rings. The summed E-state index contributed by atoms with van der Waals surface area (Å²) in [5, 5.41) is 34.2. The zero-order chi connectivity index (χ0) is 15.0. The summed E-state index contributed by atoms with van der Waals surface area (Å²) in [5.74, 6) is -2.60. The van der Waals surface area contributed by atoms with E-state index in [0.29, 0.717) is 5.56 Å². The fourth-order valence-corrected chi connectivity index (χ4v) is 1.04. The molecule has 104 valence electrons. The smallest absolute Gasteiger partial charge is 0.327 e. The maximum atomic E-state index is 10.4. The third-order valence-corrected chi connectivity index (χ3v) is 1.99. The van der Waals surface area contributed by atoms with E-state index in [9.17, 15) is 9.59 Å². The Morgan fingerprint density at radius 1 is 1.26 bits per heavy atom. The van der Waals surface area contributed by atoms with E-state index in [1.54, 1.807) is 0 Å². The predicted octanol–water partition coefficient (Wildman–Crippen LogP) is 0.309. The number of carboxylic acid groups (broad SMARTS) is 2. The Bertz CT molecular complexity index is 471. The number of nitrogens with two attached hydrogens (primary N) is 1. The van der Waals surface area contributed by atoms with Gasteiger partial charge in [-0.05, 0) is 24.1 Å². The fourth-order valence-electron chi connectivity index (χ4n) is 1.04. The van der Waals surface area contributed by atoms with E-state index in [2.05, 4.69) is 6.58 Å². The molecule has 0 aromatic heterocycles. The van der Waals surface area contributed by atoms with Crippen molar-refractivity contribution in [2.45, 2.75) is 12.5 Å². The summed E-state index contributed by atoms with van der Waals surface area (Å²) in [6.07, 6.45) is 0.948. The zero-order valence-corrected chi connectivity index (χ0v) is 9.98. The first-order chi connectivity index (χ1) is 8.77. The van der Waals surface area contributed by atoms with E-state index >= 15 is 0 Å². The van der Waals surface area contributed by atoms with Crippen LogP contribution in [0.1, 0.15) is 5.56 Å². The Balaban J connectivity index is 0.000000555. The minimum Gasteiger partial charge on any atom is -0.504 e. The van der Waals surface area contributed by atoms with E-state index < -0.39 is 18.0 Å². The lowest BCUT2D eigenvalue weighted by molar-refractivity contribution is -0.138. The molecular formula is C12H15NO6. The van der Waals surface area contributed by atoms with Crippen molar-refractivity contribution in [2.75, 3.05) is 0 Å². The third-order valence-electron chi connectivity index (χ3n) is 1.99. The quantitative estimate of drug-likeness (QED) is 0.391. The van der Waals surface area contributed by atoms with Gasteiger partial charge < -0.3 is 26.2 Å². The van der Waals surface area contributed by atoms with Gasteiger partial charge in [0.15, 0.2) is 11.5 Å². The molecule has 6 N–H and O–H groups in total. The van der Waals surface area contributed by atoms with Crippen LogP contribution in [0, 0.1) is 0 Å². The van der Waals surface area contributed by atoms with Crippen LogP contribution in [0.2, 0.25) is 0 Å². The number of carbonyl (C=O) groups is 2. The number of aromatic hydroxyl groups is 2. The van der Waals surface area contributed by atoms with Gasteiger partial charge in [0.1, 0.15) is 6.04 Å². The number of hydrogen-bond donors (Lipinski definition) is 5. The summed E-state index contributed by atoms with van der Waals surface area (Å²) < 4.78 is 0. The van der Waals surface area contributed by atoms with Crippen molar-refractivity contribution in [3.63, 3.8) is 0 Å². The second kappa shape index (κ2) is 7.72. The highest BCUT2D eigenvalue weighted by Gasteiger charge is 2.12. The Kier molecular flexibility index (Phi) is 6.69. The van der Waals surface area contributed by atoms with Gasteiger partial charge in [-0.1, -0.05) is 12.6 Å². The molecule has 0 radical (unpaired) electrons. The van der Waals surface area contributed by atoms with Crippen molar-refractivity contribution in [1.82, 2.24) is 0 Å². The third kappa shape index (κ3) is 6.69. The Morgan fingerprint density at radius 2 is 1.79 bits per heavy atom. The van der Waals surface area contributed by atoms with E-state index in [1.807, 2.05) is 0 Å². The molecule has 0 heterocycles. The van der Waals surface area contributed by atoms with Crippen LogP contribution in [0.5, 0.6) is 11.5 Å². The van der Waals surface area contributed by atoms with Gasteiger partial charge in [0, 0.05) is 6.08 Å². The molecule has 1 atom stereocenters. The van der Waals surface area contributed by atoms with Crippen molar-refractivity contribution in [1.29, 1.82) is 0 Å². The zero-order valence-electron chi connectivity index (χ0n) is 9.98. The molecule has 7 nitrogen and oxygen atoms in total. The Hall–Kier alpha value is -2.54. The summed E-state index contributed by atoms with van der Waals surface area (Å²) in [6, 6.07) is 3.09. The van der Waals surface area contributed by atoms with Crippen molar-refractivity contribution < 1.29 is 30.0 Å². The summed E-state index contributed by atoms with van der Waals surface area (Å²) >= 11 is 0. The first-order valence-electron chi connectivity index (χ1n) is 5.12. The van der Waals surface area contributed by atoms with Crippen molar-refractivity contribution in [3.05, 3.63) is 36.4 Å². The van der Waals surface area contributed by atoms with E-state index in [0.717, 1.165) is 6.08 Å². The summed E-state index contributed by atoms with van der Waals surface area (Å²) in [7, 11) is 0. The molecule has 0 saturated carbocycles. The number of aliphatic carboxylic acids is 2. The monoisotopic (exact) mass is 269 g/mol. The predicted molar refractivity (Wildman–Crippen MR) is 66.9 cm³/mol. The number of rotatable bonds is 4. The molecular weight excluding hydrogens is 254 g/mol. The Morgan fingerprint density at radius 3 is 2.16 bits per heavy atom. The molecule has 0 aliphatic carbocycles. The lowest BCUT2D eigenvalue weighted by Gasteiger charge is -2.06. The number of phenols is 2. The second-order valence-corrected chi connectivity index (χ2v) is 3.51. The van der Waals surface area contributed by atoms with Crippen LogP contribution >= 0.6 is 0 Å². The topological polar surface area (TPSA) is 141 Å². The largest absolute Gasteiger partial charge is 0.504 e. The lowest BCUT2D eigenvalue weighted by Crippen LogP contribution is -2.32. The summed E-state index contributed by atoms with van der Waals surface area (Å²) in [6.45, 7) is 2.96. The van der Waals surface area contributed by atoms with Crippen LogP contribution in [-0.4, -0.2) is 38.4 Å². The molecule has 7 heteroatoms. The van der Waals surface area contributed by atoms with Gasteiger partial charge in [0.2, 0.25) is 0 Å². The lowest BCUT2D eigenvalue weighted by atomic mass is 10.1. The molecule has 0 saturated heterocycles. The van der Waals surface area contributed by atoms with Gasteiger partial charge in [-0.2, -0.15) is 0 Å². The van der Waals surface area contributed by atoms with Gasteiger partial charge >= 0.3 is 11.9 Å². The van der Waals surface area contributed by atoms with Crippen LogP contribution in [0.25, 0.3) is 0 Å². The molecule has 0 aliphatic heterocycles. The normalized spacial score (nSPS) is 10.8. The average molecular weight is 269 g/mol. The van der Waals surface area contributed by atoms with Gasteiger partial charge in [-0.3, -0.25) is 4.79 Å².